The lowest BCUT2D eigenvalue weighted by Crippen LogP contribution is -2.40. The van der Waals surface area contributed by atoms with Crippen LogP contribution in [0.5, 0.6) is 0 Å². The number of aliphatic hydroxyl groups is 1. The molecule has 1 atom stereocenters. The summed E-state index contributed by atoms with van der Waals surface area (Å²) in [5, 5.41) is 9.17. The average Bonchev–Trinajstić information content (AvgIpc) is 2.41. The topological polar surface area (TPSA) is 84.9 Å². The maximum atomic E-state index is 9.17. The Balaban J connectivity index is 2.47. The fourth-order valence-electron chi connectivity index (χ4n) is 1.74. The van der Waals surface area contributed by atoms with Crippen molar-refractivity contribution < 1.29 is 5.11 Å². The predicted molar refractivity (Wildman–Crippen MR) is 62.9 cm³/mol. The molecule has 0 aromatic carbocycles. The molecule has 0 fully saturated rings. The highest BCUT2D eigenvalue weighted by molar-refractivity contribution is 5.29. The van der Waals surface area contributed by atoms with Crippen LogP contribution in [-0.2, 0) is 5.54 Å². The van der Waals surface area contributed by atoms with Gasteiger partial charge in [0.25, 0.3) is 0 Å². The summed E-state index contributed by atoms with van der Waals surface area (Å²) < 4.78 is 0. The summed E-state index contributed by atoms with van der Waals surface area (Å²) in [6, 6.07) is 5.35. The van der Waals surface area contributed by atoms with Gasteiger partial charge in [0, 0.05) is 31.4 Å². The molecule has 1 unspecified atom stereocenters. The van der Waals surface area contributed by atoms with Crippen molar-refractivity contribution in [3.63, 3.8) is 0 Å². The molecular weight excluding hydrogens is 216 g/mol. The van der Waals surface area contributed by atoms with Gasteiger partial charge in [0.05, 0.1) is 0 Å². The molecular formula is C12H14N4O. The van der Waals surface area contributed by atoms with Crippen molar-refractivity contribution in [1.82, 2.24) is 15.0 Å². The van der Waals surface area contributed by atoms with Crippen molar-refractivity contribution in [2.45, 2.75) is 12.0 Å². The Bertz CT molecular complexity index is 421. The first-order chi connectivity index (χ1) is 8.27. The van der Waals surface area contributed by atoms with E-state index in [1.165, 1.54) is 0 Å². The molecule has 0 radical (unpaired) electrons. The van der Waals surface area contributed by atoms with Crippen LogP contribution < -0.4 is 5.73 Å². The molecule has 0 aliphatic carbocycles. The minimum absolute atomic E-state index is 0.0307. The van der Waals surface area contributed by atoms with E-state index < -0.39 is 5.54 Å². The summed E-state index contributed by atoms with van der Waals surface area (Å²) in [5.74, 6) is 0.500. The van der Waals surface area contributed by atoms with Gasteiger partial charge < -0.3 is 10.8 Å². The molecule has 2 rings (SSSR count). The number of hydrogen-bond acceptors (Lipinski definition) is 5. The minimum Gasteiger partial charge on any atom is -0.396 e. The summed E-state index contributed by atoms with van der Waals surface area (Å²) in [4.78, 5) is 12.3. The number of hydrogen-bond donors (Lipinski definition) is 2. The summed E-state index contributed by atoms with van der Waals surface area (Å²) >= 11 is 0. The second-order valence-electron chi connectivity index (χ2n) is 3.75. The lowest BCUT2D eigenvalue weighted by atomic mass is 9.87. The van der Waals surface area contributed by atoms with E-state index in [0.29, 0.717) is 12.2 Å². The Hall–Kier alpha value is -1.85. The number of aromatic nitrogens is 3. The van der Waals surface area contributed by atoms with Gasteiger partial charge in [-0.15, -0.1) is 0 Å². The van der Waals surface area contributed by atoms with Gasteiger partial charge in [-0.25, -0.2) is 9.97 Å². The van der Waals surface area contributed by atoms with E-state index >= 15 is 0 Å². The van der Waals surface area contributed by atoms with Crippen LogP contribution in [0.1, 0.15) is 17.8 Å². The van der Waals surface area contributed by atoms with Crippen molar-refractivity contribution >= 4 is 0 Å². The van der Waals surface area contributed by atoms with Gasteiger partial charge >= 0.3 is 0 Å². The number of nitrogens with two attached hydrogens (primary N) is 1. The van der Waals surface area contributed by atoms with Crippen molar-refractivity contribution in [1.29, 1.82) is 0 Å². The summed E-state index contributed by atoms with van der Waals surface area (Å²) in [6.45, 7) is -0.0307. The second-order valence-corrected chi connectivity index (χ2v) is 3.75. The molecule has 2 heterocycles. The Morgan fingerprint density at radius 3 is 2.35 bits per heavy atom. The summed E-state index contributed by atoms with van der Waals surface area (Å²) in [5.41, 5.74) is 6.30. The highest BCUT2D eigenvalue weighted by atomic mass is 16.3. The number of rotatable bonds is 4. The molecule has 17 heavy (non-hydrogen) atoms. The van der Waals surface area contributed by atoms with Crippen molar-refractivity contribution in [3.05, 3.63) is 54.4 Å². The maximum absolute atomic E-state index is 9.17. The average molecular weight is 230 g/mol. The Kier molecular flexibility index (Phi) is 3.41. The standard InChI is InChI=1S/C12H14N4O/c13-12(4-9-17,10-2-7-14-8-3-10)11-15-5-1-6-16-11/h1-3,5-8,17H,4,9,13H2. The van der Waals surface area contributed by atoms with Gasteiger partial charge in [-0.3, -0.25) is 4.98 Å². The SMILES string of the molecule is NC(CCO)(c1ccncc1)c1ncccn1. The Morgan fingerprint density at radius 1 is 1.12 bits per heavy atom. The van der Waals surface area contributed by atoms with E-state index in [9.17, 15) is 5.11 Å². The Labute approximate surface area is 99.4 Å². The van der Waals surface area contributed by atoms with Crippen LogP contribution in [0.2, 0.25) is 0 Å². The van der Waals surface area contributed by atoms with E-state index in [1.54, 1.807) is 30.9 Å². The minimum atomic E-state index is -0.876. The smallest absolute Gasteiger partial charge is 0.152 e. The number of nitrogens with zero attached hydrogens (tertiary/aromatic N) is 3. The third kappa shape index (κ3) is 2.30. The van der Waals surface area contributed by atoms with Crippen molar-refractivity contribution in [3.8, 4) is 0 Å². The molecule has 0 saturated carbocycles. The molecule has 0 aliphatic rings. The monoisotopic (exact) mass is 230 g/mol. The van der Waals surface area contributed by atoms with Crippen molar-refractivity contribution in [2.24, 2.45) is 5.73 Å². The van der Waals surface area contributed by atoms with Gasteiger partial charge in [0.15, 0.2) is 5.82 Å². The molecule has 5 nitrogen and oxygen atoms in total. The molecule has 0 amide bonds. The zero-order chi connectivity index (χ0) is 12.1. The van der Waals surface area contributed by atoms with E-state index in [2.05, 4.69) is 15.0 Å². The normalized spacial score (nSPS) is 14.2. The maximum Gasteiger partial charge on any atom is 0.152 e. The molecule has 0 bridgehead atoms. The highest BCUT2D eigenvalue weighted by Gasteiger charge is 2.31. The van der Waals surface area contributed by atoms with Crippen LogP contribution in [0.25, 0.3) is 0 Å². The number of pyridine rings is 1. The van der Waals surface area contributed by atoms with Crippen LogP contribution in [0.15, 0.2) is 43.0 Å². The predicted octanol–water partition coefficient (Wildman–Crippen LogP) is 0.456. The largest absolute Gasteiger partial charge is 0.396 e. The van der Waals surface area contributed by atoms with E-state index in [4.69, 9.17) is 5.73 Å². The van der Waals surface area contributed by atoms with Crippen molar-refractivity contribution in [2.75, 3.05) is 6.61 Å². The fourth-order valence-corrected chi connectivity index (χ4v) is 1.74. The second kappa shape index (κ2) is 4.99. The summed E-state index contributed by atoms with van der Waals surface area (Å²) in [7, 11) is 0. The molecule has 3 N–H and O–H groups in total. The van der Waals surface area contributed by atoms with E-state index in [0.717, 1.165) is 5.56 Å². The van der Waals surface area contributed by atoms with Crippen LogP contribution in [0.3, 0.4) is 0 Å². The van der Waals surface area contributed by atoms with E-state index in [1.807, 2.05) is 12.1 Å². The zero-order valence-corrected chi connectivity index (χ0v) is 9.32. The van der Waals surface area contributed by atoms with Crippen LogP contribution in [0.4, 0.5) is 0 Å². The molecule has 0 aliphatic heterocycles. The first-order valence-electron chi connectivity index (χ1n) is 5.35. The molecule has 5 heteroatoms. The van der Waals surface area contributed by atoms with Gasteiger partial charge in [0.1, 0.15) is 5.54 Å². The van der Waals surface area contributed by atoms with Crippen LogP contribution >= 0.6 is 0 Å². The summed E-state index contributed by atoms with van der Waals surface area (Å²) in [6.07, 6.45) is 6.97. The first-order valence-corrected chi connectivity index (χ1v) is 5.35. The van der Waals surface area contributed by atoms with Gasteiger partial charge in [-0.05, 0) is 30.2 Å². The molecule has 0 saturated heterocycles. The van der Waals surface area contributed by atoms with Gasteiger partial charge in [0.2, 0.25) is 0 Å². The van der Waals surface area contributed by atoms with Gasteiger partial charge in [-0.2, -0.15) is 0 Å². The molecule has 0 spiro atoms. The van der Waals surface area contributed by atoms with Gasteiger partial charge in [-0.1, -0.05) is 0 Å². The lowest BCUT2D eigenvalue weighted by Gasteiger charge is -2.27. The lowest BCUT2D eigenvalue weighted by molar-refractivity contribution is 0.251. The van der Waals surface area contributed by atoms with Crippen LogP contribution in [0, 0.1) is 0 Å². The first kappa shape index (κ1) is 11.6. The fraction of sp³-hybridized carbons (Fsp3) is 0.250. The zero-order valence-electron chi connectivity index (χ0n) is 9.32. The molecule has 88 valence electrons. The molecule has 2 aromatic heterocycles. The third-order valence-electron chi connectivity index (χ3n) is 2.67. The highest BCUT2D eigenvalue weighted by Crippen LogP contribution is 2.26. The van der Waals surface area contributed by atoms with E-state index in [-0.39, 0.29) is 6.61 Å². The quantitative estimate of drug-likeness (QED) is 0.796. The van der Waals surface area contributed by atoms with Crippen LogP contribution in [-0.4, -0.2) is 26.7 Å². The molecule has 2 aromatic rings. The third-order valence-corrected chi connectivity index (χ3v) is 2.67. The number of aliphatic hydroxyl groups excluding tert-OH is 1. The Morgan fingerprint density at radius 2 is 1.76 bits per heavy atom.